The van der Waals surface area contributed by atoms with Gasteiger partial charge in [0.1, 0.15) is 5.25 Å². The van der Waals surface area contributed by atoms with Crippen LogP contribution in [0, 0.1) is 0 Å². The first-order valence-electron chi connectivity index (χ1n) is 12.0. The van der Waals surface area contributed by atoms with Gasteiger partial charge in [-0.2, -0.15) is 13.2 Å². The molecule has 3 aromatic carbocycles. The zero-order valence-corrected chi connectivity index (χ0v) is 22.0. The van der Waals surface area contributed by atoms with Gasteiger partial charge in [0.2, 0.25) is 11.8 Å². The van der Waals surface area contributed by atoms with Crippen LogP contribution in [0.4, 0.5) is 24.5 Å². The Morgan fingerprint density at radius 2 is 1.74 bits per heavy atom. The summed E-state index contributed by atoms with van der Waals surface area (Å²) in [4.78, 5) is 31.9. The number of alkyl halides is 3. The molecule has 1 fully saturated rings. The van der Waals surface area contributed by atoms with Crippen molar-refractivity contribution in [2.75, 3.05) is 26.1 Å². The number of carbonyl (C=O) groups is 2. The van der Waals surface area contributed by atoms with Gasteiger partial charge in [-0.05, 0) is 54.4 Å². The second-order valence-corrected chi connectivity index (χ2v) is 9.77. The topological polar surface area (TPSA) is 80.2 Å². The van der Waals surface area contributed by atoms with E-state index in [0.717, 1.165) is 29.5 Å². The molecule has 2 amide bonds. The van der Waals surface area contributed by atoms with Gasteiger partial charge in [0.05, 0.1) is 25.5 Å². The van der Waals surface area contributed by atoms with E-state index in [9.17, 15) is 22.8 Å². The van der Waals surface area contributed by atoms with E-state index in [1.54, 1.807) is 36.4 Å². The van der Waals surface area contributed by atoms with Crippen LogP contribution in [0.2, 0.25) is 0 Å². The standard InChI is InChI=1S/C28H26F3N3O4S/c1-37-22-12-11-18(15-23(22)38-2)13-14-34-26(36)24(17-25(35)32-20-8-4-3-5-9-20)39-27(34)33-21-10-6-7-19(16-21)28(29,30)31/h3-12,15-16,24H,13-14,17H2,1-2H3,(H,32,35)/t24-/m1/s1. The second-order valence-electron chi connectivity index (χ2n) is 8.60. The van der Waals surface area contributed by atoms with Gasteiger partial charge >= 0.3 is 6.18 Å². The van der Waals surface area contributed by atoms with Gasteiger partial charge in [0, 0.05) is 18.7 Å². The molecular weight excluding hydrogens is 531 g/mol. The minimum Gasteiger partial charge on any atom is -0.493 e. The number of aliphatic imine (C=N–C) groups is 1. The maximum Gasteiger partial charge on any atom is 0.416 e. The number of benzene rings is 3. The van der Waals surface area contributed by atoms with Crippen molar-refractivity contribution in [3.8, 4) is 11.5 Å². The lowest BCUT2D eigenvalue weighted by Crippen LogP contribution is -2.35. The lowest BCUT2D eigenvalue weighted by Gasteiger charge is -2.17. The maximum absolute atomic E-state index is 13.4. The Labute approximate surface area is 228 Å². The predicted molar refractivity (Wildman–Crippen MR) is 145 cm³/mol. The molecule has 4 rings (SSSR count). The van der Waals surface area contributed by atoms with E-state index >= 15 is 0 Å². The van der Waals surface area contributed by atoms with E-state index in [-0.39, 0.29) is 35.6 Å². The van der Waals surface area contributed by atoms with Crippen LogP contribution < -0.4 is 14.8 Å². The fourth-order valence-electron chi connectivity index (χ4n) is 3.97. The molecule has 0 saturated carbocycles. The quantitative estimate of drug-likeness (QED) is 0.353. The molecule has 1 aliphatic rings. The third kappa shape index (κ3) is 7.11. The zero-order valence-electron chi connectivity index (χ0n) is 21.2. The number of nitrogens with zero attached hydrogens (tertiary/aromatic N) is 2. The Morgan fingerprint density at radius 3 is 2.44 bits per heavy atom. The number of halogens is 3. The summed E-state index contributed by atoms with van der Waals surface area (Å²) in [6.45, 7) is 0.204. The molecule has 0 radical (unpaired) electrons. The Bertz CT molecular complexity index is 1370. The number of amides is 2. The highest BCUT2D eigenvalue weighted by molar-refractivity contribution is 8.15. The summed E-state index contributed by atoms with van der Waals surface area (Å²) in [5.74, 6) is 0.400. The number of methoxy groups -OCH3 is 2. The average molecular weight is 558 g/mol. The number of anilines is 1. The summed E-state index contributed by atoms with van der Waals surface area (Å²) >= 11 is 1.06. The van der Waals surface area contributed by atoms with Gasteiger partial charge in [-0.25, -0.2) is 4.99 Å². The first-order chi connectivity index (χ1) is 18.7. The first kappa shape index (κ1) is 28.0. The van der Waals surface area contributed by atoms with Crippen molar-refractivity contribution in [3.63, 3.8) is 0 Å². The number of carbonyl (C=O) groups excluding carboxylic acids is 2. The highest BCUT2D eigenvalue weighted by atomic mass is 32.2. The van der Waals surface area contributed by atoms with Gasteiger partial charge < -0.3 is 14.8 Å². The Kier molecular flexibility index (Phi) is 8.80. The number of thioether (sulfide) groups is 1. The molecule has 1 aliphatic heterocycles. The smallest absolute Gasteiger partial charge is 0.416 e. The molecule has 0 aromatic heterocycles. The van der Waals surface area contributed by atoms with E-state index in [1.165, 1.54) is 31.3 Å². The highest BCUT2D eigenvalue weighted by Gasteiger charge is 2.39. The molecule has 7 nitrogen and oxygen atoms in total. The number of ether oxygens (including phenoxy) is 2. The van der Waals surface area contributed by atoms with Crippen LogP contribution in [0.3, 0.4) is 0 Å². The molecule has 39 heavy (non-hydrogen) atoms. The molecule has 3 aromatic rings. The lowest BCUT2D eigenvalue weighted by molar-refractivity contribution is -0.137. The van der Waals surface area contributed by atoms with Crippen LogP contribution in [0.15, 0.2) is 77.8 Å². The van der Waals surface area contributed by atoms with Crippen molar-refractivity contribution >= 4 is 40.1 Å². The van der Waals surface area contributed by atoms with Crippen molar-refractivity contribution in [1.82, 2.24) is 4.90 Å². The first-order valence-corrected chi connectivity index (χ1v) is 12.9. The summed E-state index contributed by atoms with van der Waals surface area (Å²) in [6.07, 6.45) is -4.23. The third-order valence-electron chi connectivity index (χ3n) is 5.92. The van der Waals surface area contributed by atoms with Crippen molar-refractivity contribution < 1.29 is 32.2 Å². The van der Waals surface area contributed by atoms with Crippen molar-refractivity contribution in [2.24, 2.45) is 4.99 Å². The van der Waals surface area contributed by atoms with Crippen molar-refractivity contribution in [2.45, 2.75) is 24.3 Å². The molecule has 1 saturated heterocycles. The van der Waals surface area contributed by atoms with Crippen LogP contribution in [0.5, 0.6) is 11.5 Å². The molecular formula is C28H26F3N3O4S. The number of hydrogen-bond acceptors (Lipinski definition) is 6. The normalized spacial score (nSPS) is 16.4. The van der Waals surface area contributed by atoms with E-state index in [1.807, 2.05) is 12.1 Å². The second kappa shape index (κ2) is 12.2. The molecule has 1 atom stereocenters. The third-order valence-corrected chi connectivity index (χ3v) is 7.09. The molecule has 1 N–H and O–H groups in total. The van der Waals surface area contributed by atoms with Gasteiger partial charge in [0.25, 0.3) is 0 Å². The Balaban J connectivity index is 1.57. The zero-order chi connectivity index (χ0) is 28.0. The Hall–Kier alpha value is -3.99. The van der Waals surface area contributed by atoms with Crippen LogP contribution in [0.25, 0.3) is 0 Å². The fourth-order valence-corrected chi connectivity index (χ4v) is 5.16. The molecule has 204 valence electrons. The van der Waals surface area contributed by atoms with Crippen LogP contribution in [-0.2, 0) is 22.2 Å². The van der Waals surface area contributed by atoms with E-state index < -0.39 is 17.0 Å². The van der Waals surface area contributed by atoms with Crippen LogP contribution >= 0.6 is 11.8 Å². The molecule has 0 spiro atoms. The number of nitrogens with one attached hydrogen (secondary N) is 1. The number of amidine groups is 1. The molecule has 0 bridgehead atoms. The van der Waals surface area contributed by atoms with E-state index in [4.69, 9.17) is 9.47 Å². The highest BCUT2D eigenvalue weighted by Crippen LogP contribution is 2.35. The molecule has 0 unspecified atom stereocenters. The maximum atomic E-state index is 13.4. The van der Waals surface area contributed by atoms with E-state index in [0.29, 0.717) is 23.6 Å². The minimum atomic E-state index is -4.53. The molecule has 11 heteroatoms. The Morgan fingerprint density at radius 1 is 1.00 bits per heavy atom. The summed E-state index contributed by atoms with van der Waals surface area (Å²) in [6, 6.07) is 18.8. The van der Waals surface area contributed by atoms with Gasteiger partial charge in [0.15, 0.2) is 16.7 Å². The number of rotatable bonds is 9. The summed E-state index contributed by atoms with van der Waals surface area (Å²) in [5, 5.41) is 2.22. The van der Waals surface area contributed by atoms with E-state index in [2.05, 4.69) is 10.3 Å². The van der Waals surface area contributed by atoms with Crippen LogP contribution in [-0.4, -0.2) is 47.9 Å². The molecule has 1 heterocycles. The monoisotopic (exact) mass is 557 g/mol. The minimum absolute atomic E-state index is 0.0608. The lowest BCUT2D eigenvalue weighted by atomic mass is 10.1. The SMILES string of the molecule is COc1ccc(CCN2C(=O)[C@@H](CC(=O)Nc3ccccc3)SC2=Nc2cccc(C(F)(F)F)c2)cc1OC. The van der Waals surface area contributed by atoms with Crippen molar-refractivity contribution in [1.29, 1.82) is 0 Å². The van der Waals surface area contributed by atoms with Gasteiger partial charge in [-0.3, -0.25) is 14.5 Å². The summed E-state index contributed by atoms with van der Waals surface area (Å²) in [5.41, 5.74) is 0.676. The average Bonchev–Trinajstić information content (AvgIpc) is 3.20. The number of para-hydroxylation sites is 1. The largest absolute Gasteiger partial charge is 0.493 e. The number of hydrogen-bond donors (Lipinski definition) is 1. The van der Waals surface area contributed by atoms with Gasteiger partial charge in [-0.15, -0.1) is 0 Å². The predicted octanol–water partition coefficient (Wildman–Crippen LogP) is 5.93. The van der Waals surface area contributed by atoms with Crippen molar-refractivity contribution in [3.05, 3.63) is 83.9 Å². The van der Waals surface area contributed by atoms with Gasteiger partial charge in [-0.1, -0.05) is 42.1 Å². The van der Waals surface area contributed by atoms with Crippen LogP contribution in [0.1, 0.15) is 17.5 Å². The summed E-state index contributed by atoms with van der Waals surface area (Å²) < 4.78 is 50.4. The fraction of sp³-hybridized carbons (Fsp3) is 0.250. The molecule has 0 aliphatic carbocycles. The summed E-state index contributed by atoms with van der Waals surface area (Å²) in [7, 11) is 3.05.